The molecule has 0 bridgehead atoms. The van der Waals surface area contributed by atoms with E-state index in [2.05, 4.69) is 23.1 Å². The second-order valence-electron chi connectivity index (χ2n) is 6.42. The van der Waals surface area contributed by atoms with Crippen LogP contribution in [0, 0.1) is 5.92 Å². The molecule has 2 unspecified atom stereocenters. The monoisotopic (exact) mass is 282 g/mol. The number of aromatic nitrogens is 1. The quantitative estimate of drug-likeness (QED) is 0.916. The molecule has 0 radical (unpaired) electrons. The van der Waals surface area contributed by atoms with Gasteiger partial charge in [0.1, 0.15) is 5.82 Å². The number of benzene rings is 1. The van der Waals surface area contributed by atoms with Gasteiger partial charge in [0, 0.05) is 23.5 Å². The Morgan fingerprint density at radius 2 is 2.00 bits per heavy atom. The van der Waals surface area contributed by atoms with Crippen LogP contribution < -0.4 is 4.90 Å². The largest absolute Gasteiger partial charge is 0.392 e. The molecule has 2 aromatic rings. The van der Waals surface area contributed by atoms with Gasteiger partial charge in [-0.3, -0.25) is 0 Å². The van der Waals surface area contributed by atoms with E-state index in [0.29, 0.717) is 6.04 Å². The van der Waals surface area contributed by atoms with Gasteiger partial charge in [-0.2, -0.15) is 0 Å². The number of nitrogens with zero attached hydrogens (tertiary/aromatic N) is 2. The van der Waals surface area contributed by atoms with Crippen molar-refractivity contribution in [3.8, 4) is 0 Å². The Balaban J connectivity index is 1.78. The van der Waals surface area contributed by atoms with Crippen LogP contribution in [0.2, 0.25) is 0 Å². The standard InChI is InChI=1S/C18H22N2O/c21-12-15-11-14-6-1-3-7-16(14)19-18(15)20-10-9-13-5-2-4-8-17(13)20/h1,3,6-7,11,13,17,21H,2,4-5,8-10,12H2. The van der Waals surface area contributed by atoms with E-state index in [0.717, 1.165) is 34.7 Å². The third-order valence-electron chi connectivity index (χ3n) is 5.23. The van der Waals surface area contributed by atoms with Crippen molar-refractivity contribution in [1.82, 2.24) is 4.98 Å². The Bertz CT molecular complexity index is 655. The maximum absolute atomic E-state index is 9.77. The molecule has 1 N–H and O–H groups in total. The zero-order valence-electron chi connectivity index (χ0n) is 12.3. The van der Waals surface area contributed by atoms with Crippen molar-refractivity contribution in [2.45, 2.75) is 44.8 Å². The number of aliphatic hydroxyl groups is 1. The minimum atomic E-state index is 0.0705. The van der Waals surface area contributed by atoms with Crippen molar-refractivity contribution in [2.24, 2.45) is 5.92 Å². The summed E-state index contributed by atoms with van der Waals surface area (Å²) in [6.07, 6.45) is 6.64. The van der Waals surface area contributed by atoms with Gasteiger partial charge < -0.3 is 10.0 Å². The van der Waals surface area contributed by atoms with E-state index < -0.39 is 0 Å². The van der Waals surface area contributed by atoms with Crippen LogP contribution in [-0.4, -0.2) is 22.7 Å². The highest BCUT2D eigenvalue weighted by Crippen LogP contribution is 2.39. The molecule has 1 aromatic heterocycles. The van der Waals surface area contributed by atoms with Gasteiger partial charge in [0.25, 0.3) is 0 Å². The van der Waals surface area contributed by atoms with Gasteiger partial charge >= 0.3 is 0 Å². The molecule has 2 heterocycles. The summed E-state index contributed by atoms with van der Waals surface area (Å²) in [6, 6.07) is 10.9. The molecule has 0 spiro atoms. The summed E-state index contributed by atoms with van der Waals surface area (Å²) in [7, 11) is 0. The summed E-state index contributed by atoms with van der Waals surface area (Å²) in [5, 5.41) is 10.9. The number of pyridine rings is 1. The molecule has 0 amide bonds. The van der Waals surface area contributed by atoms with Crippen LogP contribution in [-0.2, 0) is 6.61 Å². The maximum atomic E-state index is 9.77. The Hall–Kier alpha value is -1.61. The minimum absolute atomic E-state index is 0.0705. The van der Waals surface area contributed by atoms with Gasteiger partial charge in [-0.15, -0.1) is 0 Å². The van der Waals surface area contributed by atoms with E-state index in [4.69, 9.17) is 4.98 Å². The zero-order valence-corrected chi connectivity index (χ0v) is 12.3. The van der Waals surface area contributed by atoms with E-state index in [1.807, 2.05) is 12.1 Å². The lowest BCUT2D eigenvalue weighted by atomic mass is 9.85. The highest BCUT2D eigenvalue weighted by Gasteiger charge is 2.37. The van der Waals surface area contributed by atoms with E-state index in [1.165, 1.54) is 32.1 Å². The Morgan fingerprint density at radius 3 is 2.90 bits per heavy atom. The van der Waals surface area contributed by atoms with Crippen molar-refractivity contribution < 1.29 is 5.11 Å². The summed E-state index contributed by atoms with van der Waals surface area (Å²) < 4.78 is 0. The summed E-state index contributed by atoms with van der Waals surface area (Å²) in [5.74, 6) is 1.85. The van der Waals surface area contributed by atoms with Crippen LogP contribution in [0.3, 0.4) is 0 Å². The van der Waals surface area contributed by atoms with Crippen LogP contribution in [0.5, 0.6) is 0 Å². The summed E-state index contributed by atoms with van der Waals surface area (Å²) in [4.78, 5) is 7.36. The number of para-hydroxylation sites is 1. The van der Waals surface area contributed by atoms with Crippen LogP contribution >= 0.6 is 0 Å². The second kappa shape index (κ2) is 5.30. The molecule has 1 aromatic carbocycles. The molecule has 1 aliphatic heterocycles. The van der Waals surface area contributed by atoms with Crippen LogP contribution in [0.15, 0.2) is 30.3 Å². The third-order valence-corrected chi connectivity index (χ3v) is 5.23. The highest BCUT2D eigenvalue weighted by molar-refractivity contribution is 5.82. The minimum Gasteiger partial charge on any atom is -0.392 e. The Morgan fingerprint density at radius 1 is 1.14 bits per heavy atom. The average molecular weight is 282 g/mol. The third kappa shape index (κ3) is 2.20. The lowest BCUT2D eigenvalue weighted by Crippen LogP contribution is -2.35. The van der Waals surface area contributed by atoms with Gasteiger partial charge in [-0.05, 0) is 37.3 Å². The fraction of sp³-hybridized carbons (Fsp3) is 0.500. The van der Waals surface area contributed by atoms with Gasteiger partial charge in [0.05, 0.1) is 12.1 Å². The fourth-order valence-corrected chi connectivity index (χ4v) is 4.18. The van der Waals surface area contributed by atoms with E-state index >= 15 is 0 Å². The Kier molecular flexibility index (Phi) is 3.30. The van der Waals surface area contributed by atoms with Crippen LogP contribution in [0.1, 0.15) is 37.7 Å². The molecule has 2 atom stereocenters. The Labute approximate surface area is 125 Å². The molecule has 2 fully saturated rings. The van der Waals surface area contributed by atoms with Gasteiger partial charge in [-0.1, -0.05) is 31.0 Å². The van der Waals surface area contributed by atoms with Crippen molar-refractivity contribution >= 4 is 16.7 Å². The molecule has 2 aliphatic rings. The first-order valence-corrected chi connectivity index (χ1v) is 8.13. The SMILES string of the molecule is OCc1cc2ccccc2nc1N1CCC2CCCCC21. The van der Waals surface area contributed by atoms with E-state index in [1.54, 1.807) is 0 Å². The first-order chi connectivity index (χ1) is 10.4. The van der Waals surface area contributed by atoms with Crippen molar-refractivity contribution in [3.63, 3.8) is 0 Å². The number of hydrogen-bond donors (Lipinski definition) is 1. The summed E-state index contributed by atoms with van der Waals surface area (Å²) >= 11 is 0. The predicted molar refractivity (Wildman–Crippen MR) is 85.4 cm³/mol. The lowest BCUT2D eigenvalue weighted by molar-refractivity contribution is 0.281. The fourth-order valence-electron chi connectivity index (χ4n) is 4.18. The predicted octanol–water partition coefficient (Wildman–Crippen LogP) is 3.50. The van der Waals surface area contributed by atoms with Gasteiger partial charge in [0.15, 0.2) is 0 Å². The molecular formula is C18H22N2O. The highest BCUT2D eigenvalue weighted by atomic mass is 16.3. The maximum Gasteiger partial charge on any atom is 0.135 e. The molecule has 1 saturated carbocycles. The van der Waals surface area contributed by atoms with Crippen LogP contribution in [0.4, 0.5) is 5.82 Å². The van der Waals surface area contributed by atoms with Crippen LogP contribution in [0.25, 0.3) is 10.9 Å². The summed E-state index contributed by atoms with van der Waals surface area (Å²) in [6.45, 7) is 1.16. The average Bonchev–Trinajstić information content (AvgIpc) is 2.97. The lowest BCUT2D eigenvalue weighted by Gasteiger charge is -2.33. The van der Waals surface area contributed by atoms with Crippen molar-refractivity contribution in [1.29, 1.82) is 0 Å². The number of anilines is 1. The van der Waals surface area contributed by atoms with Crippen molar-refractivity contribution in [2.75, 3.05) is 11.4 Å². The first kappa shape index (κ1) is 13.1. The first-order valence-electron chi connectivity index (χ1n) is 8.13. The molecule has 3 nitrogen and oxygen atoms in total. The number of fused-ring (bicyclic) bond motifs is 2. The molecule has 110 valence electrons. The molecule has 3 heteroatoms. The molecule has 1 saturated heterocycles. The molecule has 1 aliphatic carbocycles. The van der Waals surface area contributed by atoms with E-state index in [-0.39, 0.29) is 6.61 Å². The van der Waals surface area contributed by atoms with E-state index in [9.17, 15) is 5.11 Å². The number of aliphatic hydroxyl groups excluding tert-OH is 1. The molecule has 21 heavy (non-hydrogen) atoms. The number of rotatable bonds is 2. The smallest absolute Gasteiger partial charge is 0.135 e. The second-order valence-corrected chi connectivity index (χ2v) is 6.42. The topological polar surface area (TPSA) is 36.4 Å². The molecule has 4 rings (SSSR count). The van der Waals surface area contributed by atoms with Gasteiger partial charge in [0.2, 0.25) is 0 Å². The zero-order chi connectivity index (χ0) is 14.2. The van der Waals surface area contributed by atoms with Gasteiger partial charge in [-0.25, -0.2) is 4.98 Å². The molecular weight excluding hydrogens is 260 g/mol. The van der Waals surface area contributed by atoms with Crippen molar-refractivity contribution in [3.05, 3.63) is 35.9 Å². The normalized spacial score (nSPS) is 25.3. The number of hydrogen-bond acceptors (Lipinski definition) is 3. The summed E-state index contributed by atoms with van der Waals surface area (Å²) in [5.41, 5.74) is 2.00.